The Morgan fingerprint density at radius 3 is 2.26 bits per heavy atom. The molecule has 0 aliphatic rings. The molecule has 0 spiro atoms. The lowest BCUT2D eigenvalue weighted by Gasteiger charge is -2.16. The molecule has 0 saturated heterocycles. The van der Waals surface area contributed by atoms with Gasteiger partial charge in [0.2, 0.25) is 0 Å². The molecule has 0 unspecified atom stereocenters. The van der Waals surface area contributed by atoms with Gasteiger partial charge in [0.15, 0.2) is 0 Å². The fourth-order valence-electron chi connectivity index (χ4n) is 1.36. The number of rotatable bonds is 6. The van der Waals surface area contributed by atoms with E-state index in [0.717, 1.165) is 12.4 Å². The number of hydrogen-bond acceptors (Lipinski definition) is 5. The second-order valence-corrected chi connectivity index (χ2v) is 5.55. The van der Waals surface area contributed by atoms with E-state index in [1.807, 2.05) is 0 Å². The van der Waals surface area contributed by atoms with Crippen LogP contribution in [0.25, 0.3) is 0 Å². The quantitative estimate of drug-likeness (QED) is 0.754. The van der Waals surface area contributed by atoms with Gasteiger partial charge in [-0.15, -0.1) is 0 Å². The van der Waals surface area contributed by atoms with E-state index >= 15 is 0 Å². The first-order valence-corrected chi connectivity index (χ1v) is 7.29. The van der Waals surface area contributed by atoms with Crippen molar-refractivity contribution in [1.82, 2.24) is 9.97 Å². The molecule has 1 aromatic rings. The van der Waals surface area contributed by atoms with Crippen LogP contribution in [0.1, 0.15) is 25.2 Å². The van der Waals surface area contributed by atoms with Crippen molar-refractivity contribution in [2.45, 2.75) is 26.2 Å². The first kappa shape index (κ1) is 16.1. The highest BCUT2D eigenvalue weighted by molar-refractivity contribution is 7.53. The van der Waals surface area contributed by atoms with Gasteiger partial charge in [-0.2, -0.15) is 13.2 Å². The average Bonchev–Trinajstić information content (AvgIpc) is 2.28. The molecule has 108 valence electrons. The normalized spacial score (nSPS) is 12.7. The number of aromatic nitrogens is 2. The van der Waals surface area contributed by atoms with Crippen LogP contribution < -0.4 is 0 Å². The third-order valence-corrected chi connectivity index (χ3v) is 4.04. The van der Waals surface area contributed by atoms with Gasteiger partial charge in [-0.3, -0.25) is 4.57 Å². The molecule has 0 aromatic carbocycles. The van der Waals surface area contributed by atoms with E-state index in [-0.39, 0.29) is 25.1 Å². The fraction of sp³-hybridized carbons (Fsp3) is 0.600. The van der Waals surface area contributed by atoms with Crippen LogP contribution in [0.4, 0.5) is 13.2 Å². The summed E-state index contributed by atoms with van der Waals surface area (Å²) in [5.41, 5.74) is -1.12. The summed E-state index contributed by atoms with van der Waals surface area (Å²) in [5.74, 6) is 0. The van der Waals surface area contributed by atoms with Crippen LogP contribution in [-0.4, -0.2) is 23.2 Å². The number of nitrogens with zero attached hydrogens (tertiary/aromatic N) is 2. The standard InChI is InChI=1S/C10H14F3N2O3P/c1-3-17-19(16,18-4-2)6-8-5-9(10(11,12)13)15-7-14-8/h5,7H,3-4,6H2,1-2H3. The first-order valence-electron chi connectivity index (χ1n) is 5.57. The maximum Gasteiger partial charge on any atom is 0.433 e. The Morgan fingerprint density at radius 2 is 1.79 bits per heavy atom. The van der Waals surface area contributed by atoms with Crippen molar-refractivity contribution in [1.29, 1.82) is 0 Å². The molecule has 0 N–H and O–H groups in total. The van der Waals surface area contributed by atoms with Crippen LogP contribution in [0, 0.1) is 0 Å². The van der Waals surface area contributed by atoms with Gasteiger partial charge >= 0.3 is 13.8 Å². The zero-order valence-electron chi connectivity index (χ0n) is 10.5. The highest BCUT2D eigenvalue weighted by Gasteiger charge is 2.34. The molecular formula is C10H14F3N2O3P. The average molecular weight is 298 g/mol. The van der Waals surface area contributed by atoms with Gasteiger partial charge < -0.3 is 9.05 Å². The van der Waals surface area contributed by atoms with Gasteiger partial charge in [-0.1, -0.05) is 0 Å². The summed E-state index contributed by atoms with van der Waals surface area (Å²) in [6, 6.07) is 0.741. The van der Waals surface area contributed by atoms with Gasteiger partial charge in [0.05, 0.1) is 25.1 Å². The summed E-state index contributed by atoms with van der Waals surface area (Å²) in [7, 11) is -3.47. The predicted molar refractivity (Wildman–Crippen MR) is 61.6 cm³/mol. The van der Waals surface area contributed by atoms with E-state index in [0.29, 0.717) is 0 Å². The van der Waals surface area contributed by atoms with Crippen LogP contribution in [0.3, 0.4) is 0 Å². The highest BCUT2D eigenvalue weighted by Crippen LogP contribution is 2.51. The lowest BCUT2D eigenvalue weighted by Crippen LogP contribution is -2.10. The van der Waals surface area contributed by atoms with Crippen LogP contribution in [0.5, 0.6) is 0 Å². The molecule has 1 aromatic heterocycles. The van der Waals surface area contributed by atoms with E-state index in [4.69, 9.17) is 9.05 Å². The summed E-state index contributed by atoms with van der Waals surface area (Å²) in [6.07, 6.45) is -4.11. The second-order valence-electron chi connectivity index (χ2n) is 3.50. The molecule has 1 rings (SSSR count). The molecule has 0 aliphatic heterocycles. The summed E-state index contributed by atoms with van der Waals surface area (Å²) >= 11 is 0. The van der Waals surface area contributed by atoms with Crippen molar-refractivity contribution in [2.75, 3.05) is 13.2 Å². The molecular weight excluding hydrogens is 284 g/mol. The van der Waals surface area contributed by atoms with Crippen molar-refractivity contribution < 1.29 is 26.8 Å². The van der Waals surface area contributed by atoms with E-state index in [2.05, 4.69) is 9.97 Å². The third-order valence-electron chi connectivity index (χ3n) is 2.02. The van der Waals surface area contributed by atoms with E-state index < -0.39 is 19.5 Å². The van der Waals surface area contributed by atoms with Crippen molar-refractivity contribution in [3.05, 3.63) is 23.8 Å². The predicted octanol–water partition coefficient (Wildman–Crippen LogP) is 3.26. The maximum atomic E-state index is 12.5. The van der Waals surface area contributed by atoms with Crippen molar-refractivity contribution in [2.24, 2.45) is 0 Å². The van der Waals surface area contributed by atoms with Gasteiger partial charge in [-0.25, -0.2) is 9.97 Å². The van der Waals surface area contributed by atoms with Gasteiger partial charge in [-0.05, 0) is 19.9 Å². The molecule has 0 aliphatic carbocycles. The third kappa shape index (κ3) is 4.89. The van der Waals surface area contributed by atoms with Crippen LogP contribution in [0.15, 0.2) is 12.4 Å². The maximum absolute atomic E-state index is 12.5. The largest absolute Gasteiger partial charge is 0.433 e. The molecule has 0 fully saturated rings. The molecule has 9 heteroatoms. The zero-order valence-corrected chi connectivity index (χ0v) is 11.4. The first-order chi connectivity index (χ1) is 8.80. The van der Waals surface area contributed by atoms with Crippen LogP contribution in [0.2, 0.25) is 0 Å². The van der Waals surface area contributed by atoms with Crippen LogP contribution >= 0.6 is 7.60 Å². The molecule has 0 atom stereocenters. The summed E-state index contributed by atoms with van der Waals surface area (Å²) < 4.78 is 59.6. The number of hydrogen-bond donors (Lipinski definition) is 0. The smallest absolute Gasteiger partial charge is 0.309 e. The Kier molecular flexibility index (Phi) is 5.46. The molecule has 1 heterocycles. The molecule has 0 amide bonds. The Balaban J connectivity index is 2.94. The second kappa shape index (κ2) is 6.45. The van der Waals surface area contributed by atoms with Crippen molar-refractivity contribution in [3.8, 4) is 0 Å². The Morgan fingerprint density at radius 1 is 1.21 bits per heavy atom. The lowest BCUT2D eigenvalue weighted by molar-refractivity contribution is -0.141. The SMILES string of the molecule is CCOP(=O)(Cc1cc(C(F)(F)F)ncn1)OCC. The van der Waals surface area contributed by atoms with E-state index in [9.17, 15) is 17.7 Å². The van der Waals surface area contributed by atoms with E-state index in [1.54, 1.807) is 13.8 Å². The topological polar surface area (TPSA) is 61.3 Å². The zero-order chi connectivity index (χ0) is 14.5. The van der Waals surface area contributed by atoms with Crippen molar-refractivity contribution >= 4 is 7.60 Å². The Bertz CT molecular complexity index is 458. The minimum atomic E-state index is -4.57. The molecule has 5 nitrogen and oxygen atoms in total. The summed E-state index contributed by atoms with van der Waals surface area (Å²) in [6.45, 7) is 3.50. The summed E-state index contributed by atoms with van der Waals surface area (Å²) in [5, 5.41) is 0. The molecule has 0 bridgehead atoms. The fourth-order valence-corrected chi connectivity index (χ4v) is 2.97. The number of alkyl halides is 3. The lowest BCUT2D eigenvalue weighted by atomic mass is 10.3. The number of halogens is 3. The van der Waals surface area contributed by atoms with E-state index in [1.165, 1.54) is 0 Å². The molecule has 0 radical (unpaired) electrons. The minimum absolute atomic E-state index is 0.0347. The van der Waals surface area contributed by atoms with Crippen molar-refractivity contribution in [3.63, 3.8) is 0 Å². The van der Waals surface area contributed by atoms with Crippen LogP contribution in [-0.2, 0) is 26.0 Å². The molecule has 19 heavy (non-hydrogen) atoms. The summed E-state index contributed by atoms with van der Waals surface area (Å²) in [4.78, 5) is 6.78. The Labute approximate surface area is 108 Å². The van der Waals surface area contributed by atoms with Gasteiger partial charge in [0.1, 0.15) is 12.0 Å². The van der Waals surface area contributed by atoms with Gasteiger partial charge in [0, 0.05) is 0 Å². The monoisotopic (exact) mass is 298 g/mol. The Hall–Kier alpha value is -0.980. The molecule has 0 saturated carbocycles. The minimum Gasteiger partial charge on any atom is -0.309 e. The highest BCUT2D eigenvalue weighted by atomic mass is 31.2. The van der Waals surface area contributed by atoms with Gasteiger partial charge in [0.25, 0.3) is 0 Å².